The summed E-state index contributed by atoms with van der Waals surface area (Å²) < 4.78 is 0.928. The Labute approximate surface area is 165 Å². The zero-order valence-corrected chi connectivity index (χ0v) is 16.1. The standard InChI is InChI=1S/C19H19BrN4O3/c20-14-5-3-4-12(8-14)16-6-1-2-7-24(16)19(27)18(26)23-15-9-13(17(21)25)10-22-11-15/h3-5,8-11,16H,1-2,6-7H2,(H2,21,25)(H,23,26)/t16-/m0/s1. The first kappa shape index (κ1) is 19.0. The van der Waals surface area contributed by atoms with E-state index in [0.29, 0.717) is 6.54 Å². The van der Waals surface area contributed by atoms with Crippen LogP contribution in [0.15, 0.2) is 47.2 Å². The number of amides is 3. The number of nitrogens with zero attached hydrogens (tertiary/aromatic N) is 2. The Hall–Kier alpha value is -2.74. The molecule has 2 heterocycles. The van der Waals surface area contributed by atoms with Crippen LogP contribution in [0.4, 0.5) is 5.69 Å². The van der Waals surface area contributed by atoms with Gasteiger partial charge in [-0.1, -0.05) is 28.1 Å². The largest absolute Gasteiger partial charge is 0.366 e. The maximum atomic E-state index is 12.8. The monoisotopic (exact) mass is 430 g/mol. The number of anilines is 1. The van der Waals surface area contributed by atoms with Gasteiger partial charge in [-0.25, -0.2) is 0 Å². The first-order valence-electron chi connectivity index (χ1n) is 8.58. The highest BCUT2D eigenvalue weighted by Gasteiger charge is 2.32. The number of nitrogens with two attached hydrogens (primary N) is 1. The third-order valence-electron chi connectivity index (χ3n) is 4.47. The Morgan fingerprint density at radius 3 is 2.74 bits per heavy atom. The highest BCUT2D eigenvalue weighted by atomic mass is 79.9. The van der Waals surface area contributed by atoms with Gasteiger partial charge in [0.25, 0.3) is 0 Å². The normalized spacial score (nSPS) is 16.6. The van der Waals surface area contributed by atoms with E-state index in [-0.39, 0.29) is 17.3 Å². The van der Waals surface area contributed by atoms with Gasteiger partial charge in [0.1, 0.15) is 0 Å². The summed E-state index contributed by atoms with van der Waals surface area (Å²) >= 11 is 3.45. The predicted molar refractivity (Wildman–Crippen MR) is 104 cm³/mol. The number of hydrogen-bond donors (Lipinski definition) is 2. The van der Waals surface area contributed by atoms with Crippen LogP contribution in [0, 0.1) is 0 Å². The van der Waals surface area contributed by atoms with Crippen LogP contribution in [-0.2, 0) is 9.59 Å². The number of aromatic nitrogens is 1. The van der Waals surface area contributed by atoms with E-state index >= 15 is 0 Å². The molecule has 0 bridgehead atoms. The van der Waals surface area contributed by atoms with Crippen molar-refractivity contribution in [3.8, 4) is 0 Å². The minimum atomic E-state index is -0.764. The Bertz CT molecular complexity index is 887. The van der Waals surface area contributed by atoms with Gasteiger partial charge < -0.3 is 16.0 Å². The highest BCUT2D eigenvalue weighted by molar-refractivity contribution is 9.10. The number of nitrogens with one attached hydrogen (secondary N) is 1. The van der Waals surface area contributed by atoms with Crippen LogP contribution in [0.1, 0.15) is 41.2 Å². The fourth-order valence-electron chi connectivity index (χ4n) is 3.19. The summed E-state index contributed by atoms with van der Waals surface area (Å²) in [6.45, 7) is 0.517. The molecule has 3 N–H and O–H groups in total. The Morgan fingerprint density at radius 2 is 2.00 bits per heavy atom. The maximum Gasteiger partial charge on any atom is 0.313 e. The number of pyridine rings is 1. The number of hydrogen-bond acceptors (Lipinski definition) is 4. The van der Waals surface area contributed by atoms with Gasteiger partial charge >= 0.3 is 11.8 Å². The average Bonchev–Trinajstić information content (AvgIpc) is 2.67. The Balaban J connectivity index is 1.77. The summed E-state index contributed by atoms with van der Waals surface area (Å²) in [6.07, 6.45) is 5.30. The van der Waals surface area contributed by atoms with E-state index in [1.807, 2.05) is 24.3 Å². The molecule has 0 saturated carbocycles. The van der Waals surface area contributed by atoms with Crippen molar-refractivity contribution >= 4 is 39.3 Å². The van der Waals surface area contributed by atoms with Gasteiger partial charge in [-0.3, -0.25) is 19.4 Å². The first-order chi connectivity index (χ1) is 13.0. The van der Waals surface area contributed by atoms with Gasteiger partial charge in [-0.15, -0.1) is 0 Å². The Kier molecular flexibility index (Phi) is 5.85. The van der Waals surface area contributed by atoms with Crippen LogP contribution in [0.5, 0.6) is 0 Å². The molecule has 1 aromatic carbocycles. The van der Waals surface area contributed by atoms with Crippen LogP contribution in [0.25, 0.3) is 0 Å². The molecule has 1 aliphatic rings. The van der Waals surface area contributed by atoms with Crippen LogP contribution in [0.3, 0.4) is 0 Å². The molecular weight excluding hydrogens is 412 g/mol. The summed E-state index contributed by atoms with van der Waals surface area (Å²) in [7, 11) is 0. The lowest BCUT2D eigenvalue weighted by molar-refractivity contribution is -0.145. The number of carbonyl (C=O) groups excluding carboxylic acids is 3. The Morgan fingerprint density at radius 1 is 1.19 bits per heavy atom. The molecule has 8 heteroatoms. The van der Waals surface area contributed by atoms with Gasteiger partial charge in [0.15, 0.2) is 0 Å². The third kappa shape index (κ3) is 4.51. The highest BCUT2D eigenvalue weighted by Crippen LogP contribution is 2.32. The third-order valence-corrected chi connectivity index (χ3v) is 4.97. The van der Waals surface area contributed by atoms with Crippen LogP contribution >= 0.6 is 15.9 Å². The van der Waals surface area contributed by atoms with E-state index in [1.165, 1.54) is 18.5 Å². The summed E-state index contributed by atoms with van der Waals surface area (Å²) in [5.41, 5.74) is 6.61. The number of piperidine rings is 1. The van der Waals surface area contributed by atoms with E-state index in [2.05, 4.69) is 26.2 Å². The maximum absolute atomic E-state index is 12.8. The topological polar surface area (TPSA) is 105 Å². The minimum absolute atomic E-state index is 0.149. The smallest absolute Gasteiger partial charge is 0.313 e. The number of benzene rings is 1. The molecule has 1 aliphatic heterocycles. The van der Waals surface area contributed by atoms with Crippen molar-refractivity contribution in [3.05, 3.63) is 58.3 Å². The molecule has 0 spiro atoms. The predicted octanol–water partition coefficient (Wildman–Crippen LogP) is 2.64. The lowest BCUT2D eigenvalue weighted by atomic mass is 9.95. The molecule has 7 nitrogen and oxygen atoms in total. The van der Waals surface area contributed by atoms with Crippen LogP contribution < -0.4 is 11.1 Å². The van der Waals surface area contributed by atoms with Crippen molar-refractivity contribution in [1.82, 2.24) is 9.88 Å². The summed E-state index contributed by atoms with van der Waals surface area (Å²) in [5, 5.41) is 2.51. The second kappa shape index (κ2) is 8.30. The van der Waals surface area contributed by atoms with Crippen molar-refractivity contribution in [2.75, 3.05) is 11.9 Å². The van der Waals surface area contributed by atoms with E-state index in [4.69, 9.17) is 5.73 Å². The van der Waals surface area contributed by atoms with Crippen LogP contribution in [-0.4, -0.2) is 34.2 Å². The summed E-state index contributed by atoms with van der Waals surface area (Å²) in [5.74, 6) is -2.03. The number of halogens is 1. The van der Waals surface area contributed by atoms with Crippen LogP contribution in [0.2, 0.25) is 0 Å². The molecule has 0 aliphatic carbocycles. The second-order valence-electron chi connectivity index (χ2n) is 6.35. The zero-order valence-electron chi connectivity index (χ0n) is 14.5. The fourth-order valence-corrected chi connectivity index (χ4v) is 3.61. The number of likely N-dealkylation sites (tertiary alicyclic amines) is 1. The fraction of sp³-hybridized carbons (Fsp3) is 0.263. The van der Waals surface area contributed by atoms with Gasteiger partial charge in [-0.05, 0) is 43.0 Å². The molecule has 2 aromatic rings. The number of rotatable bonds is 3. The average molecular weight is 431 g/mol. The van der Waals surface area contributed by atoms with Crippen molar-refractivity contribution in [3.63, 3.8) is 0 Å². The first-order valence-corrected chi connectivity index (χ1v) is 9.37. The van der Waals surface area contributed by atoms with E-state index in [9.17, 15) is 14.4 Å². The lowest BCUT2D eigenvalue weighted by Gasteiger charge is -2.35. The van der Waals surface area contributed by atoms with E-state index in [0.717, 1.165) is 29.3 Å². The molecule has 27 heavy (non-hydrogen) atoms. The van der Waals surface area contributed by atoms with E-state index < -0.39 is 17.7 Å². The lowest BCUT2D eigenvalue weighted by Crippen LogP contribution is -2.44. The zero-order chi connectivity index (χ0) is 19.4. The van der Waals surface area contributed by atoms with E-state index in [1.54, 1.807) is 4.90 Å². The molecule has 140 valence electrons. The molecule has 0 radical (unpaired) electrons. The second-order valence-corrected chi connectivity index (χ2v) is 7.26. The number of carbonyl (C=O) groups is 3. The van der Waals surface area contributed by atoms with Gasteiger partial charge in [0, 0.05) is 17.2 Å². The van der Waals surface area contributed by atoms with Crippen molar-refractivity contribution in [2.45, 2.75) is 25.3 Å². The number of primary amides is 1. The molecule has 1 atom stereocenters. The van der Waals surface area contributed by atoms with Gasteiger partial charge in [0.05, 0.1) is 23.5 Å². The van der Waals surface area contributed by atoms with Gasteiger partial charge in [0.2, 0.25) is 5.91 Å². The van der Waals surface area contributed by atoms with Crippen molar-refractivity contribution in [2.24, 2.45) is 5.73 Å². The molecule has 3 rings (SSSR count). The molecule has 0 unspecified atom stereocenters. The quantitative estimate of drug-likeness (QED) is 0.729. The summed E-state index contributed by atoms with van der Waals surface area (Å²) in [4.78, 5) is 42.0. The molecule has 3 amide bonds. The SMILES string of the molecule is NC(=O)c1cncc(NC(=O)C(=O)N2CCCC[C@H]2c2cccc(Br)c2)c1. The van der Waals surface area contributed by atoms with Gasteiger partial charge in [-0.2, -0.15) is 0 Å². The molecule has 1 aromatic heterocycles. The minimum Gasteiger partial charge on any atom is -0.366 e. The molecule has 1 fully saturated rings. The molecule has 1 saturated heterocycles. The molecular formula is C19H19BrN4O3. The summed E-state index contributed by atoms with van der Waals surface area (Å²) in [6, 6.07) is 9.00. The van der Waals surface area contributed by atoms with Crippen molar-refractivity contribution in [1.29, 1.82) is 0 Å². The van der Waals surface area contributed by atoms with Crippen molar-refractivity contribution < 1.29 is 14.4 Å².